The molecule has 1 aliphatic rings. The van der Waals surface area contributed by atoms with E-state index < -0.39 is 0 Å². The first-order valence-electron chi connectivity index (χ1n) is 7.01. The second kappa shape index (κ2) is 5.48. The zero-order valence-electron chi connectivity index (χ0n) is 11.3. The van der Waals surface area contributed by atoms with Gasteiger partial charge in [0.2, 0.25) is 0 Å². The Balaban J connectivity index is 1.97. The number of likely N-dealkylation sites (tertiary alicyclic amines) is 1. The molecule has 1 fully saturated rings. The van der Waals surface area contributed by atoms with E-state index in [-0.39, 0.29) is 0 Å². The van der Waals surface area contributed by atoms with E-state index in [0.29, 0.717) is 0 Å². The third kappa shape index (κ3) is 2.60. The first-order chi connectivity index (χ1) is 9.25. The van der Waals surface area contributed by atoms with Gasteiger partial charge in [-0.1, -0.05) is 18.0 Å². The predicted molar refractivity (Wildman–Crippen MR) is 80.6 cm³/mol. The molecule has 2 aromatic rings. The number of rotatable bonds is 2. The van der Waals surface area contributed by atoms with Gasteiger partial charge in [-0.25, -0.2) is 0 Å². The summed E-state index contributed by atoms with van der Waals surface area (Å²) in [6, 6.07) is 6.11. The minimum Gasteiger partial charge on any atom is -0.299 e. The van der Waals surface area contributed by atoms with Crippen molar-refractivity contribution >= 4 is 22.5 Å². The van der Waals surface area contributed by atoms with Gasteiger partial charge >= 0.3 is 0 Å². The number of aromatic nitrogens is 1. The molecule has 0 aliphatic carbocycles. The van der Waals surface area contributed by atoms with Crippen molar-refractivity contribution in [1.29, 1.82) is 0 Å². The Bertz CT molecular complexity index is 589. The number of hydrogen-bond acceptors (Lipinski definition) is 2. The number of hydrogen-bond donors (Lipinski definition) is 0. The van der Waals surface area contributed by atoms with Crippen molar-refractivity contribution in [1.82, 2.24) is 9.88 Å². The molecule has 0 bridgehead atoms. The highest BCUT2D eigenvalue weighted by Gasteiger charge is 2.14. The average Bonchev–Trinajstić information content (AvgIpc) is 2.46. The third-order valence-corrected chi connectivity index (χ3v) is 4.36. The zero-order valence-corrected chi connectivity index (χ0v) is 12.1. The van der Waals surface area contributed by atoms with Gasteiger partial charge in [0.1, 0.15) is 0 Å². The van der Waals surface area contributed by atoms with E-state index in [1.807, 2.05) is 18.3 Å². The molecule has 19 heavy (non-hydrogen) atoms. The molecule has 0 radical (unpaired) electrons. The molecular formula is C16H19ClN2. The smallest absolute Gasteiger partial charge is 0.0749 e. The average molecular weight is 275 g/mol. The van der Waals surface area contributed by atoms with Crippen LogP contribution in [-0.4, -0.2) is 23.0 Å². The second-order valence-corrected chi connectivity index (χ2v) is 5.79. The van der Waals surface area contributed by atoms with Gasteiger partial charge in [0, 0.05) is 18.1 Å². The quantitative estimate of drug-likeness (QED) is 0.817. The third-order valence-electron chi connectivity index (χ3n) is 4.05. The standard InChI is InChI=1S/C16H19ClN2/c1-12-13(11-19-8-3-2-4-9-19)10-15(17)14-6-5-7-18-16(12)14/h5-7,10H,2-4,8-9,11H2,1H3. The molecule has 0 amide bonds. The highest BCUT2D eigenvalue weighted by Crippen LogP contribution is 2.28. The molecule has 1 aromatic carbocycles. The largest absolute Gasteiger partial charge is 0.299 e. The monoisotopic (exact) mass is 274 g/mol. The number of pyridine rings is 1. The molecule has 2 nitrogen and oxygen atoms in total. The fourth-order valence-corrected chi connectivity index (χ4v) is 3.19. The highest BCUT2D eigenvalue weighted by atomic mass is 35.5. The lowest BCUT2D eigenvalue weighted by Crippen LogP contribution is -2.29. The number of halogens is 1. The Morgan fingerprint density at radius 3 is 2.84 bits per heavy atom. The molecule has 1 aliphatic heterocycles. The molecular weight excluding hydrogens is 256 g/mol. The van der Waals surface area contributed by atoms with Gasteiger partial charge in [0.25, 0.3) is 0 Å². The van der Waals surface area contributed by atoms with Crippen LogP contribution >= 0.6 is 11.6 Å². The summed E-state index contributed by atoms with van der Waals surface area (Å²) in [5, 5.41) is 1.88. The maximum Gasteiger partial charge on any atom is 0.0749 e. The van der Waals surface area contributed by atoms with Crippen LogP contribution in [0.25, 0.3) is 10.9 Å². The summed E-state index contributed by atoms with van der Waals surface area (Å²) in [4.78, 5) is 7.02. The molecule has 1 aromatic heterocycles. The molecule has 0 spiro atoms. The minimum atomic E-state index is 0.820. The first-order valence-corrected chi connectivity index (χ1v) is 7.38. The van der Waals surface area contributed by atoms with E-state index in [4.69, 9.17) is 11.6 Å². The molecule has 3 heteroatoms. The van der Waals surface area contributed by atoms with E-state index in [9.17, 15) is 0 Å². The Hall–Kier alpha value is -1.12. The lowest BCUT2D eigenvalue weighted by atomic mass is 10.0. The van der Waals surface area contributed by atoms with Crippen LogP contribution < -0.4 is 0 Å². The van der Waals surface area contributed by atoms with Crippen LogP contribution in [0.5, 0.6) is 0 Å². The summed E-state index contributed by atoms with van der Waals surface area (Å²) in [6.45, 7) is 5.57. The number of nitrogens with zero attached hydrogens (tertiary/aromatic N) is 2. The van der Waals surface area contributed by atoms with Gasteiger partial charge in [0.05, 0.1) is 10.5 Å². The van der Waals surface area contributed by atoms with Crippen molar-refractivity contribution in [3.05, 3.63) is 40.5 Å². The van der Waals surface area contributed by atoms with Crippen LogP contribution in [0, 0.1) is 6.92 Å². The van der Waals surface area contributed by atoms with E-state index in [1.54, 1.807) is 0 Å². The van der Waals surface area contributed by atoms with Crippen molar-refractivity contribution in [2.75, 3.05) is 13.1 Å². The Kier molecular flexibility index (Phi) is 3.72. The van der Waals surface area contributed by atoms with E-state index in [0.717, 1.165) is 22.5 Å². The molecule has 100 valence electrons. The highest BCUT2D eigenvalue weighted by molar-refractivity contribution is 6.35. The minimum absolute atomic E-state index is 0.820. The van der Waals surface area contributed by atoms with E-state index in [2.05, 4.69) is 22.9 Å². The fraction of sp³-hybridized carbons (Fsp3) is 0.438. The topological polar surface area (TPSA) is 16.1 Å². The zero-order chi connectivity index (χ0) is 13.2. The molecule has 3 rings (SSSR count). The lowest BCUT2D eigenvalue weighted by molar-refractivity contribution is 0.220. The SMILES string of the molecule is Cc1c(CN2CCCCC2)cc(Cl)c2cccnc12. The van der Waals surface area contributed by atoms with Crippen LogP contribution in [0.15, 0.2) is 24.4 Å². The molecule has 0 N–H and O–H groups in total. The van der Waals surface area contributed by atoms with Crippen LogP contribution in [0.3, 0.4) is 0 Å². The summed E-state index contributed by atoms with van der Waals surface area (Å²) in [6.07, 6.45) is 5.85. The Morgan fingerprint density at radius 2 is 2.05 bits per heavy atom. The number of aryl methyl sites for hydroxylation is 1. The van der Waals surface area contributed by atoms with Gasteiger partial charge in [-0.15, -0.1) is 0 Å². The summed E-state index contributed by atoms with van der Waals surface area (Å²) in [5.74, 6) is 0. The van der Waals surface area contributed by atoms with Crippen molar-refractivity contribution < 1.29 is 0 Å². The van der Waals surface area contributed by atoms with Crippen LogP contribution in [0.2, 0.25) is 5.02 Å². The maximum atomic E-state index is 6.39. The molecule has 0 unspecified atom stereocenters. The number of fused-ring (bicyclic) bond motifs is 1. The van der Waals surface area contributed by atoms with Crippen LogP contribution in [-0.2, 0) is 6.54 Å². The van der Waals surface area contributed by atoms with E-state index >= 15 is 0 Å². The normalized spacial score (nSPS) is 16.9. The van der Waals surface area contributed by atoms with Crippen molar-refractivity contribution in [2.24, 2.45) is 0 Å². The van der Waals surface area contributed by atoms with Crippen molar-refractivity contribution in [3.8, 4) is 0 Å². The second-order valence-electron chi connectivity index (χ2n) is 5.38. The number of benzene rings is 1. The van der Waals surface area contributed by atoms with Crippen LogP contribution in [0.1, 0.15) is 30.4 Å². The van der Waals surface area contributed by atoms with Gasteiger partial charge in [-0.05, 0) is 62.2 Å². The van der Waals surface area contributed by atoms with Gasteiger partial charge in [-0.3, -0.25) is 9.88 Å². The molecule has 1 saturated heterocycles. The van der Waals surface area contributed by atoms with Crippen molar-refractivity contribution in [2.45, 2.75) is 32.7 Å². The van der Waals surface area contributed by atoms with Crippen LogP contribution in [0.4, 0.5) is 0 Å². The lowest BCUT2D eigenvalue weighted by Gasteiger charge is -2.27. The summed E-state index contributed by atoms with van der Waals surface area (Å²) >= 11 is 6.39. The van der Waals surface area contributed by atoms with Gasteiger partial charge < -0.3 is 0 Å². The number of piperidine rings is 1. The van der Waals surface area contributed by atoms with Crippen molar-refractivity contribution in [3.63, 3.8) is 0 Å². The fourth-order valence-electron chi connectivity index (χ4n) is 2.91. The molecule has 2 heterocycles. The maximum absolute atomic E-state index is 6.39. The molecule has 0 atom stereocenters. The van der Waals surface area contributed by atoms with Gasteiger partial charge in [0.15, 0.2) is 0 Å². The summed E-state index contributed by atoms with van der Waals surface area (Å²) in [7, 11) is 0. The first kappa shape index (κ1) is 12.9. The summed E-state index contributed by atoms with van der Waals surface area (Å²) < 4.78 is 0. The Morgan fingerprint density at radius 1 is 1.26 bits per heavy atom. The molecule has 0 saturated carbocycles. The predicted octanol–water partition coefficient (Wildman–Crippen LogP) is 4.18. The van der Waals surface area contributed by atoms with E-state index in [1.165, 1.54) is 43.5 Å². The Labute approximate surface area is 119 Å². The summed E-state index contributed by atoms with van der Waals surface area (Å²) in [5.41, 5.74) is 3.63. The van der Waals surface area contributed by atoms with Gasteiger partial charge in [-0.2, -0.15) is 0 Å².